The van der Waals surface area contributed by atoms with Crippen LogP contribution < -0.4 is 14.5 Å². The summed E-state index contributed by atoms with van der Waals surface area (Å²) >= 11 is 9.33. The second-order valence-electron chi connectivity index (χ2n) is 8.63. The van der Waals surface area contributed by atoms with Gasteiger partial charge in [-0.05, 0) is 83.9 Å². The van der Waals surface area contributed by atoms with Crippen molar-refractivity contribution < 1.29 is 14.3 Å². The van der Waals surface area contributed by atoms with Crippen molar-refractivity contribution in [1.29, 1.82) is 0 Å². The molecule has 38 heavy (non-hydrogen) atoms. The number of anilines is 2. The lowest BCUT2D eigenvalue weighted by Crippen LogP contribution is -2.56. The smallest absolute Gasteiger partial charge is 0.270 e. The minimum atomic E-state index is -0.471. The summed E-state index contributed by atoms with van der Waals surface area (Å²) in [5.41, 5.74) is 3.92. The molecule has 4 aromatic rings. The zero-order valence-corrected chi connectivity index (χ0v) is 22.9. The fourth-order valence-corrected chi connectivity index (χ4v) is 5.15. The first-order chi connectivity index (χ1) is 18.5. The van der Waals surface area contributed by atoms with Crippen LogP contribution in [0.3, 0.4) is 0 Å². The van der Waals surface area contributed by atoms with Gasteiger partial charge in [0, 0.05) is 4.47 Å². The summed E-state index contributed by atoms with van der Waals surface area (Å²) in [4.78, 5) is 30.5. The summed E-state index contributed by atoms with van der Waals surface area (Å²) in [5.74, 6) is -0.254. The first-order valence-corrected chi connectivity index (χ1v) is 13.1. The van der Waals surface area contributed by atoms with E-state index >= 15 is 0 Å². The maximum atomic E-state index is 13.9. The molecule has 0 unspecified atom stereocenters. The molecule has 0 bridgehead atoms. The zero-order chi connectivity index (χ0) is 26.6. The molecule has 5 nitrogen and oxygen atoms in total. The van der Waals surface area contributed by atoms with E-state index in [9.17, 15) is 9.59 Å². The van der Waals surface area contributed by atoms with Crippen LogP contribution in [0, 0.1) is 0 Å². The van der Waals surface area contributed by atoms with E-state index < -0.39 is 11.8 Å². The third-order valence-corrected chi connectivity index (χ3v) is 7.41. The van der Waals surface area contributed by atoms with Gasteiger partial charge in [-0.2, -0.15) is 0 Å². The summed E-state index contributed by atoms with van der Waals surface area (Å²) in [7, 11) is 1.61. The highest BCUT2D eigenvalue weighted by molar-refractivity contribution is 9.10. The number of rotatable bonds is 6. The average Bonchev–Trinajstić information content (AvgIpc) is 2.94. The highest BCUT2D eigenvalue weighted by atomic mass is 79.9. The number of para-hydroxylation sites is 2. The summed E-state index contributed by atoms with van der Waals surface area (Å²) in [6.45, 7) is 0. The van der Waals surface area contributed by atoms with Gasteiger partial charge in [0.25, 0.3) is 11.8 Å². The molecule has 4 aromatic carbocycles. The molecule has 0 aromatic heterocycles. The minimum absolute atomic E-state index is 0.0184. The number of benzene rings is 4. The standard InChI is InChI=1S/C31H23BrN2O3S/c1-37-26-17-16-21(23(19-26)18-22-10-8-9-15-28(22)32)20-27-29(35)33(24-11-4-2-5-12-24)31(38)34(30(27)36)25-13-6-3-7-14-25/h2-17,19-20H,18H2,1H3. The molecule has 1 heterocycles. The fourth-order valence-electron chi connectivity index (χ4n) is 4.34. The van der Waals surface area contributed by atoms with Crippen molar-refractivity contribution in [3.05, 3.63) is 130 Å². The van der Waals surface area contributed by atoms with Crippen molar-refractivity contribution in [2.45, 2.75) is 6.42 Å². The minimum Gasteiger partial charge on any atom is -0.497 e. The molecule has 1 fully saturated rings. The van der Waals surface area contributed by atoms with Crippen LogP contribution >= 0.6 is 28.1 Å². The fraction of sp³-hybridized carbons (Fsp3) is 0.0645. The summed E-state index contributed by atoms with van der Waals surface area (Å²) in [5, 5.41) is 0.109. The van der Waals surface area contributed by atoms with E-state index in [1.165, 1.54) is 9.80 Å². The van der Waals surface area contributed by atoms with Crippen LogP contribution in [-0.2, 0) is 16.0 Å². The van der Waals surface area contributed by atoms with Crippen LogP contribution in [0.4, 0.5) is 11.4 Å². The number of hydrogen-bond donors (Lipinski definition) is 0. The third kappa shape index (κ3) is 5.03. The molecule has 0 aliphatic carbocycles. The Kier molecular flexibility index (Phi) is 7.49. The summed E-state index contributed by atoms with van der Waals surface area (Å²) < 4.78 is 6.45. The molecule has 5 rings (SSSR count). The molecular formula is C31H23BrN2O3S. The monoisotopic (exact) mass is 582 g/mol. The van der Waals surface area contributed by atoms with E-state index in [2.05, 4.69) is 15.9 Å². The Hall–Kier alpha value is -4.07. The van der Waals surface area contributed by atoms with Crippen molar-refractivity contribution in [2.75, 3.05) is 16.9 Å². The van der Waals surface area contributed by atoms with Crippen LogP contribution in [0.5, 0.6) is 5.75 Å². The van der Waals surface area contributed by atoms with Crippen molar-refractivity contribution in [2.24, 2.45) is 0 Å². The van der Waals surface area contributed by atoms with E-state index in [1.807, 2.05) is 78.9 Å². The van der Waals surface area contributed by atoms with Gasteiger partial charge in [0.2, 0.25) is 0 Å². The molecule has 0 saturated carbocycles. The maximum Gasteiger partial charge on any atom is 0.270 e. The van der Waals surface area contributed by atoms with Crippen LogP contribution in [0.15, 0.2) is 113 Å². The Labute approximate surface area is 235 Å². The molecule has 1 saturated heterocycles. The third-order valence-electron chi connectivity index (χ3n) is 6.27. The SMILES string of the molecule is COc1ccc(C=C2C(=O)N(c3ccccc3)C(=S)N(c3ccccc3)C2=O)c(Cc2ccccc2Br)c1. The molecule has 0 N–H and O–H groups in total. The first-order valence-electron chi connectivity index (χ1n) is 11.9. The van der Waals surface area contributed by atoms with Gasteiger partial charge in [-0.3, -0.25) is 19.4 Å². The summed E-state index contributed by atoms with van der Waals surface area (Å²) in [6.07, 6.45) is 2.23. The number of amides is 2. The number of carbonyl (C=O) groups excluding carboxylic acids is 2. The number of nitrogens with zero attached hydrogens (tertiary/aromatic N) is 2. The van der Waals surface area contributed by atoms with E-state index in [-0.39, 0.29) is 10.7 Å². The van der Waals surface area contributed by atoms with Crippen LogP contribution in [0.2, 0.25) is 0 Å². The molecule has 188 valence electrons. The molecule has 0 spiro atoms. The van der Waals surface area contributed by atoms with Gasteiger partial charge in [-0.15, -0.1) is 0 Å². The van der Waals surface area contributed by atoms with Crippen molar-refractivity contribution in [3.63, 3.8) is 0 Å². The highest BCUT2D eigenvalue weighted by Crippen LogP contribution is 2.31. The van der Waals surface area contributed by atoms with Gasteiger partial charge in [0.1, 0.15) is 11.3 Å². The van der Waals surface area contributed by atoms with Crippen molar-refractivity contribution in [3.8, 4) is 5.75 Å². The second kappa shape index (κ2) is 11.1. The normalized spacial score (nSPS) is 13.6. The zero-order valence-electron chi connectivity index (χ0n) is 20.5. The second-order valence-corrected chi connectivity index (χ2v) is 9.85. The van der Waals surface area contributed by atoms with Crippen LogP contribution in [0.25, 0.3) is 6.08 Å². The number of methoxy groups -OCH3 is 1. The van der Waals surface area contributed by atoms with Crippen LogP contribution in [0.1, 0.15) is 16.7 Å². The Morgan fingerprint density at radius 1 is 0.763 bits per heavy atom. The molecule has 0 radical (unpaired) electrons. The highest BCUT2D eigenvalue weighted by Gasteiger charge is 2.41. The van der Waals surface area contributed by atoms with Crippen LogP contribution in [-0.4, -0.2) is 24.0 Å². The molecule has 2 amide bonds. The molecule has 0 atom stereocenters. The van der Waals surface area contributed by atoms with Gasteiger partial charge < -0.3 is 4.74 Å². The molecule has 1 aliphatic heterocycles. The molecule has 7 heteroatoms. The number of halogens is 1. The van der Waals surface area contributed by atoms with Gasteiger partial charge in [-0.25, -0.2) is 0 Å². The van der Waals surface area contributed by atoms with Crippen molar-refractivity contribution >= 4 is 62.5 Å². The summed E-state index contributed by atoms with van der Waals surface area (Å²) in [6, 6.07) is 31.8. The lowest BCUT2D eigenvalue weighted by atomic mass is 9.96. The lowest BCUT2D eigenvalue weighted by Gasteiger charge is -2.36. The van der Waals surface area contributed by atoms with Gasteiger partial charge in [0.15, 0.2) is 5.11 Å². The van der Waals surface area contributed by atoms with E-state index in [1.54, 1.807) is 37.5 Å². The predicted molar refractivity (Wildman–Crippen MR) is 158 cm³/mol. The van der Waals surface area contributed by atoms with E-state index in [0.29, 0.717) is 23.5 Å². The van der Waals surface area contributed by atoms with E-state index in [4.69, 9.17) is 17.0 Å². The molecular weight excluding hydrogens is 560 g/mol. The van der Waals surface area contributed by atoms with Gasteiger partial charge >= 0.3 is 0 Å². The Morgan fingerprint density at radius 2 is 1.32 bits per heavy atom. The predicted octanol–water partition coefficient (Wildman–Crippen LogP) is 6.80. The van der Waals surface area contributed by atoms with Gasteiger partial charge in [-0.1, -0.05) is 76.6 Å². The van der Waals surface area contributed by atoms with Crippen molar-refractivity contribution in [1.82, 2.24) is 0 Å². The number of thiocarbonyl (C=S) groups is 1. The quantitative estimate of drug-likeness (QED) is 0.142. The van der Waals surface area contributed by atoms with E-state index in [0.717, 1.165) is 21.2 Å². The number of carbonyl (C=O) groups is 2. The topological polar surface area (TPSA) is 49.9 Å². The average molecular weight is 584 g/mol. The number of hydrogen-bond acceptors (Lipinski definition) is 4. The maximum absolute atomic E-state index is 13.9. The lowest BCUT2D eigenvalue weighted by molar-refractivity contribution is -0.120. The van der Waals surface area contributed by atoms with Gasteiger partial charge in [0.05, 0.1) is 18.5 Å². The Morgan fingerprint density at radius 3 is 1.87 bits per heavy atom. The first kappa shape index (κ1) is 25.6. The Balaban J connectivity index is 1.65. The largest absolute Gasteiger partial charge is 0.497 e. The molecule has 1 aliphatic rings. The Bertz CT molecular complexity index is 1490. The number of ether oxygens (including phenoxy) is 1.